The largest absolute Gasteiger partial charge is 0.399 e. The zero-order chi connectivity index (χ0) is 13.2. The number of nitrogens with two attached hydrogens (primary N) is 1. The number of anilines is 1. The molecular formula is C17H25N. The molecule has 0 radical (unpaired) electrons. The van der Waals surface area contributed by atoms with Crippen LogP contribution in [0.25, 0.3) is 0 Å². The average molecular weight is 243 g/mol. The van der Waals surface area contributed by atoms with E-state index in [1.807, 2.05) is 6.07 Å². The first-order valence-electron chi connectivity index (χ1n) is 7.02. The fraction of sp³-hybridized carbons (Fsp3) is 0.529. The Morgan fingerprint density at radius 3 is 2.67 bits per heavy atom. The number of benzene rings is 1. The van der Waals surface area contributed by atoms with Gasteiger partial charge in [-0.05, 0) is 62.1 Å². The molecule has 1 nitrogen and oxygen atoms in total. The summed E-state index contributed by atoms with van der Waals surface area (Å²) >= 11 is 0. The van der Waals surface area contributed by atoms with Gasteiger partial charge >= 0.3 is 0 Å². The van der Waals surface area contributed by atoms with Crippen LogP contribution in [-0.4, -0.2) is 0 Å². The third kappa shape index (κ3) is 2.95. The third-order valence-corrected chi connectivity index (χ3v) is 4.30. The van der Waals surface area contributed by atoms with E-state index < -0.39 is 0 Å². The molecule has 0 amide bonds. The lowest BCUT2D eigenvalue weighted by Crippen LogP contribution is -2.20. The lowest BCUT2D eigenvalue weighted by atomic mass is 9.71. The first kappa shape index (κ1) is 13.2. The molecule has 0 saturated carbocycles. The lowest BCUT2D eigenvalue weighted by Gasteiger charge is -2.34. The van der Waals surface area contributed by atoms with E-state index in [0.717, 1.165) is 12.1 Å². The molecule has 0 fully saturated rings. The molecule has 0 heterocycles. The molecule has 1 aliphatic rings. The van der Waals surface area contributed by atoms with Gasteiger partial charge in [0.15, 0.2) is 0 Å². The summed E-state index contributed by atoms with van der Waals surface area (Å²) in [5.41, 5.74) is 11.8. The maximum atomic E-state index is 5.84. The monoisotopic (exact) mass is 243 g/mol. The van der Waals surface area contributed by atoms with Crippen LogP contribution in [0.5, 0.6) is 0 Å². The van der Waals surface area contributed by atoms with Crippen LogP contribution in [0, 0.1) is 5.41 Å². The average Bonchev–Trinajstić information content (AvgIpc) is 2.27. The lowest BCUT2D eigenvalue weighted by molar-refractivity contribution is 0.354. The van der Waals surface area contributed by atoms with Crippen molar-refractivity contribution in [1.82, 2.24) is 0 Å². The third-order valence-electron chi connectivity index (χ3n) is 4.30. The van der Waals surface area contributed by atoms with Crippen molar-refractivity contribution < 1.29 is 0 Å². The van der Waals surface area contributed by atoms with E-state index in [0.29, 0.717) is 5.41 Å². The molecular weight excluding hydrogens is 218 g/mol. The smallest absolute Gasteiger partial charge is 0.0316 e. The van der Waals surface area contributed by atoms with E-state index in [1.165, 1.54) is 31.2 Å². The highest BCUT2D eigenvalue weighted by Crippen LogP contribution is 2.42. The Bertz CT molecular complexity index is 454. The Morgan fingerprint density at radius 1 is 1.22 bits per heavy atom. The molecule has 1 aromatic rings. The highest BCUT2D eigenvalue weighted by Gasteiger charge is 2.27. The second kappa shape index (κ2) is 5.17. The van der Waals surface area contributed by atoms with Gasteiger partial charge in [-0.1, -0.05) is 37.1 Å². The van der Waals surface area contributed by atoms with Gasteiger partial charge in [0.1, 0.15) is 0 Å². The van der Waals surface area contributed by atoms with Crippen molar-refractivity contribution in [2.75, 3.05) is 5.73 Å². The van der Waals surface area contributed by atoms with Crippen LogP contribution in [0.2, 0.25) is 0 Å². The Hall–Kier alpha value is -1.24. The number of aryl methyl sites for hydroxylation is 1. The molecule has 0 unspecified atom stereocenters. The van der Waals surface area contributed by atoms with Crippen molar-refractivity contribution in [1.29, 1.82) is 0 Å². The van der Waals surface area contributed by atoms with E-state index in [9.17, 15) is 0 Å². The predicted octanol–water partition coefficient (Wildman–Crippen LogP) is 4.73. The SMILES string of the molecule is CC1=C(CCc2cccc(N)c2)C(C)(C)CCC1. The van der Waals surface area contributed by atoms with Crippen LogP contribution in [-0.2, 0) is 6.42 Å². The number of hydrogen-bond donors (Lipinski definition) is 1. The van der Waals surface area contributed by atoms with E-state index in [4.69, 9.17) is 5.73 Å². The Morgan fingerprint density at radius 2 is 2.00 bits per heavy atom. The van der Waals surface area contributed by atoms with Gasteiger partial charge in [0.25, 0.3) is 0 Å². The Kier molecular flexibility index (Phi) is 3.79. The molecule has 0 saturated heterocycles. The summed E-state index contributed by atoms with van der Waals surface area (Å²) in [4.78, 5) is 0. The number of hydrogen-bond acceptors (Lipinski definition) is 1. The first-order valence-corrected chi connectivity index (χ1v) is 7.02. The molecule has 1 heteroatoms. The zero-order valence-electron chi connectivity index (χ0n) is 11.9. The summed E-state index contributed by atoms with van der Waals surface area (Å²) < 4.78 is 0. The van der Waals surface area contributed by atoms with Crippen molar-refractivity contribution in [3.63, 3.8) is 0 Å². The van der Waals surface area contributed by atoms with E-state index in [-0.39, 0.29) is 0 Å². The van der Waals surface area contributed by atoms with Crippen LogP contribution >= 0.6 is 0 Å². The van der Waals surface area contributed by atoms with Gasteiger partial charge in [-0.25, -0.2) is 0 Å². The zero-order valence-corrected chi connectivity index (χ0v) is 11.9. The minimum Gasteiger partial charge on any atom is -0.399 e. The van der Waals surface area contributed by atoms with Crippen LogP contribution in [0.3, 0.4) is 0 Å². The highest BCUT2D eigenvalue weighted by atomic mass is 14.5. The van der Waals surface area contributed by atoms with E-state index in [2.05, 4.69) is 39.0 Å². The molecule has 1 aliphatic carbocycles. The molecule has 0 aliphatic heterocycles. The summed E-state index contributed by atoms with van der Waals surface area (Å²) in [6, 6.07) is 8.30. The molecule has 2 rings (SSSR count). The van der Waals surface area contributed by atoms with Crippen LogP contribution in [0.1, 0.15) is 52.0 Å². The maximum Gasteiger partial charge on any atom is 0.0316 e. The Labute approximate surface area is 111 Å². The Balaban J connectivity index is 2.09. The van der Waals surface area contributed by atoms with Crippen LogP contribution in [0.15, 0.2) is 35.4 Å². The van der Waals surface area contributed by atoms with Crippen molar-refractivity contribution in [3.8, 4) is 0 Å². The van der Waals surface area contributed by atoms with Gasteiger partial charge in [0.2, 0.25) is 0 Å². The van der Waals surface area contributed by atoms with E-state index >= 15 is 0 Å². The van der Waals surface area contributed by atoms with Gasteiger partial charge in [-0.2, -0.15) is 0 Å². The number of nitrogen functional groups attached to an aromatic ring is 1. The highest BCUT2D eigenvalue weighted by molar-refractivity contribution is 5.41. The molecule has 2 N–H and O–H groups in total. The maximum absolute atomic E-state index is 5.84. The van der Waals surface area contributed by atoms with Crippen LogP contribution < -0.4 is 5.73 Å². The summed E-state index contributed by atoms with van der Waals surface area (Å²) in [6.07, 6.45) is 6.26. The topological polar surface area (TPSA) is 26.0 Å². The molecule has 98 valence electrons. The molecule has 0 atom stereocenters. The summed E-state index contributed by atoms with van der Waals surface area (Å²) in [5, 5.41) is 0. The van der Waals surface area contributed by atoms with Gasteiger partial charge < -0.3 is 5.73 Å². The molecule has 0 bridgehead atoms. The number of allylic oxidation sites excluding steroid dienone is 2. The van der Waals surface area contributed by atoms with E-state index in [1.54, 1.807) is 11.1 Å². The summed E-state index contributed by atoms with van der Waals surface area (Å²) in [6.45, 7) is 7.10. The summed E-state index contributed by atoms with van der Waals surface area (Å²) in [7, 11) is 0. The van der Waals surface area contributed by atoms with Gasteiger partial charge in [-0.3, -0.25) is 0 Å². The van der Waals surface area contributed by atoms with Crippen molar-refractivity contribution >= 4 is 5.69 Å². The molecule has 0 spiro atoms. The number of rotatable bonds is 3. The normalized spacial score (nSPS) is 19.1. The van der Waals surface area contributed by atoms with Crippen molar-refractivity contribution in [2.45, 2.75) is 52.9 Å². The first-order chi connectivity index (χ1) is 8.49. The fourth-order valence-electron chi connectivity index (χ4n) is 3.24. The van der Waals surface area contributed by atoms with Gasteiger partial charge in [0.05, 0.1) is 0 Å². The standard InChI is InChI=1S/C17H25N/c1-13-6-5-11-17(2,3)16(13)10-9-14-7-4-8-15(18)12-14/h4,7-8,12H,5-6,9-11,18H2,1-3H3. The van der Waals surface area contributed by atoms with Gasteiger partial charge in [0, 0.05) is 5.69 Å². The molecule has 1 aromatic carbocycles. The van der Waals surface area contributed by atoms with Crippen molar-refractivity contribution in [3.05, 3.63) is 41.0 Å². The molecule has 18 heavy (non-hydrogen) atoms. The minimum absolute atomic E-state index is 0.392. The fourth-order valence-corrected chi connectivity index (χ4v) is 3.24. The minimum atomic E-state index is 0.392. The second-order valence-corrected chi connectivity index (χ2v) is 6.24. The quantitative estimate of drug-likeness (QED) is 0.603. The predicted molar refractivity (Wildman–Crippen MR) is 79.5 cm³/mol. The second-order valence-electron chi connectivity index (χ2n) is 6.24. The van der Waals surface area contributed by atoms with Crippen molar-refractivity contribution in [2.24, 2.45) is 5.41 Å². The van der Waals surface area contributed by atoms with Crippen LogP contribution in [0.4, 0.5) is 5.69 Å². The van der Waals surface area contributed by atoms with Gasteiger partial charge in [-0.15, -0.1) is 0 Å². The summed E-state index contributed by atoms with van der Waals surface area (Å²) in [5.74, 6) is 0. The molecule has 0 aromatic heterocycles.